The highest BCUT2D eigenvalue weighted by atomic mass is 32.2. The largest absolute Gasteiger partial charge is 0.345 e. The van der Waals surface area contributed by atoms with Crippen LogP contribution in [0.3, 0.4) is 0 Å². The summed E-state index contributed by atoms with van der Waals surface area (Å²) in [4.78, 5) is 13.3. The van der Waals surface area contributed by atoms with Gasteiger partial charge in [-0.15, -0.1) is 0 Å². The van der Waals surface area contributed by atoms with E-state index in [1.807, 2.05) is 29.1 Å². The highest BCUT2D eigenvalue weighted by molar-refractivity contribution is 7.89. The second-order valence-electron chi connectivity index (χ2n) is 9.72. The molecule has 1 aliphatic heterocycles. The van der Waals surface area contributed by atoms with Gasteiger partial charge < -0.3 is 5.32 Å². The summed E-state index contributed by atoms with van der Waals surface area (Å²) in [6.45, 7) is 3.96. The maximum Gasteiger partial charge on any atom is 0.251 e. The van der Waals surface area contributed by atoms with E-state index in [1.165, 1.54) is 11.3 Å². The van der Waals surface area contributed by atoms with Gasteiger partial charge >= 0.3 is 0 Å². The van der Waals surface area contributed by atoms with Crippen LogP contribution in [0.1, 0.15) is 65.8 Å². The van der Waals surface area contributed by atoms with Gasteiger partial charge in [0.25, 0.3) is 5.91 Å². The molecule has 0 radical (unpaired) electrons. The molecule has 1 unspecified atom stereocenters. The first-order valence-electron chi connectivity index (χ1n) is 12.4. The zero-order valence-corrected chi connectivity index (χ0v) is 20.9. The number of carbonyl (C=O) groups is 1. The summed E-state index contributed by atoms with van der Waals surface area (Å²) in [5.41, 5.74) is 3.89. The van der Waals surface area contributed by atoms with Crippen molar-refractivity contribution in [3.63, 3.8) is 0 Å². The minimum absolute atomic E-state index is 0.102. The highest BCUT2D eigenvalue weighted by Gasteiger charge is 2.29. The Labute approximate surface area is 207 Å². The predicted molar refractivity (Wildman–Crippen MR) is 135 cm³/mol. The average molecular weight is 493 g/mol. The van der Waals surface area contributed by atoms with E-state index in [-0.39, 0.29) is 16.8 Å². The summed E-state index contributed by atoms with van der Waals surface area (Å²) < 4.78 is 29.5. The van der Waals surface area contributed by atoms with Crippen LogP contribution >= 0.6 is 0 Å². The molecule has 0 saturated carbocycles. The number of nitrogens with one attached hydrogen (secondary N) is 1. The van der Waals surface area contributed by atoms with Crippen molar-refractivity contribution in [1.29, 1.82) is 0 Å². The summed E-state index contributed by atoms with van der Waals surface area (Å²) in [6, 6.07) is 16.4. The Bertz CT molecular complexity index is 1280. The van der Waals surface area contributed by atoms with Crippen LogP contribution in [-0.4, -0.2) is 41.5 Å². The fourth-order valence-electron chi connectivity index (χ4n) is 5.06. The van der Waals surface area contributed by atoms with Crippen LogP contribution in [-0.2, 0) is 23.0 Å². The number of hydrogen-bond donors (Lipinski definition) is 1. The molecule has 0 bridgehead atoms. The lowest BCUT2D eigenvalue weighted by atomic mass is 9.92. The number of sulfonamides is 1. The summed E-state index contributed by atoms with van der Waals surface area (Å²) in [5, 5.41) is 7.75. The van der Waals surface area contributed by atoms with E-state index in [9.17, 15) is 13.2 Å². The van der Waals surface area contributed by atoms with Crippen LogP contribution in [0.25, 0.3) is 0 Å². The number of fused-ring (bicyclic) bond motifs is 1. The quantitative estimate of drug-likeness (QED) is 0.560. The number of piperidine rings is 1. The minimum Gasteiger partial charge on any atom is -0.345 e. The second-order valence-corrected chi connectivity index (χ2v) is 11.7. The number of benzene rings is 2. The lowest BCUT2D eigenvalue weighted by Crippen LogP contribution is -2.37. The van der Waals surface area contributed by atoms with Crippen molar-refractivity contribution in [3.8, 4) is 0 Å². The molecule has 1 aliphatic carbocycles. The Balaban J connectivity index is 1.27. The van der Waals surface area contributed by atoms with Crippen LogP contribution in [0, 0.1) is 5.92 Å². The molecule has 2 aromatic carbocycles. The summed E-state index contributed by atoms with van der Waals surface area (Å²) >= 11 is 0. The standard InChI is InChI=1S/C27H32N4O3S/c1-20-14-16-30(17-15-20)35(33,34)23-12-10-22(11-13-23)27(32)29-25-8-5-9-26-24(25)18-28-31(26)19-21-6-3-2-4-7-21/h2-4,6-7,10-13,18,20,25H,5,8-9,14-17,19H2,1H3,(H,29,32). The summed E-state index contributed by atoms with van der Waals surface area (Å²) in [5.74, 6) is 0.354. The lowest BCUT2D eigenvalue weighted by Gasteiger charge is -2.29. The molecule has 2 heterocycles. The molecule has 1 saturated heterocycles. The van der Waals surface area contributed by atoms with Gasteiger partial charge in [-0.25, -0.2) is 8.42 Å². The van der Waals surface area contributed by atoms with E-state index in [2.05, 4.69) is 29.5 Å². The first-order chi connectivity index (χ1) is 16.9. The average Bonchev–Trinajstić information content (AvgIpc) is 3.28. The van der Waals surface area contributed by atoms with Gasteiger partial charge in [-0.2, -0.15) is 9.40 Å². The van der Waals surface area contributed by atoms with Crippen molar-refractivity contribution in [2.75, 3.05) is 13.1 Å². The van der Waals surface area contributed by atoms with Crippen molar-refractivity contribution in [3.05, 3.63) is 83.2 Å². The van der Waals surface area contributed by atoms with Crippen molar-refractivity contribution in [2.24, 2.45) is 5.92 Å². The zero-order chi connectivity index (χ0) is 24.4. The Morgan fingerprint density at radius 1 is 1.03 bits per heavy atom. The van der Waals surface area contributed by atoms with E-state index in [0.717, 1.165) is 37.7 Å². The molecular weight excluding hydrogens is 460 g/mol. The van der Waals surface area contributed by atoms with E-state index >= 15 is 0 Å². The van der Waals surface area contributed by atoms with E-state index in [4.69, 9.17) is 0 Å². The summed E-state index contributed by atoms with van der Waals surface area (Å²) in [6.07, 6.45) is 6.41. The lowest BCUT2D eigenvalue weighted by molar-refractivity contribution is 0.0932. The van der Waals surface area contributed by atoms with Gasteiger partial charge in [0, 0.05) is 29.9 Å². The third kappa shape index (κ3) is 5.04. The maximum absolute atomic E-state index is 13.0. The van der Waals surface area contributed by atoms with Gasteiger partial charge in [-0.05, 0) is 67.9 Å². The highest BCUT2D eigenvalue weighted by Crippen LogP contribution is 2.30. The van der Waals surface area contributed by atoms with Crippen molar-refractivity contribution < 1.29 is 13.2 Å². The molecule has 1 aromatic heterocycles. The molecule has 1 fully saturated rings. The van der Waals surface area contributed by atoms with Crippen LogP contribution < -0.4 is 5.32 Å². The monoisotopic (exact) mass is 492 g/mol. The van der Waals surface area contributed by atoms with Gasteiger partial charge in [-0.1, -0.05) is 37.3 Å². The fraction of sp³-hybridized carbons (Fsp3) is 0.407. The van der Waals surface area contributed by atoms with Gasteiger partial charge in [0.05, 0.1) is 23.7 Å². The predicted octanol–water partition coefficient (Wildman–Crippen LogP) is 4.16. The van der Waals surface area contributed by atoms with E-state index in [0.29, 0.717) is 31.1 Å². The van der Waals surface area contributed by atoms with Crippen molar-refractivity contribution >= 4 is 15.9 Å². The maximum atomic E-state index is 13.0. The first kappa shape index (κ1) is 23.8. The topological polar surface area (TPSA) is 84.3 Å². The molecule has 5 rings (SSSR count). The number of carbonyl (C=O) groups excluding carboxylic acids is 1. The Morgan fingerprint density at radius 2 is 1.74 bits per heavy atom. The molecule has 2 aliphatic rings. The smallest absolute Gasteiger partial charge is 0.251 e. The van der Waals surface area contributed by atoms with Crippen LogP contribution in [0.4, 0.5) is 0 Å². The fourth-order valence-corrected chi connectivity index (χ4v) is 6.53. The first-order valence-corrected chi connectivity index (χ1v) is 13.9. The molecule has 1 atom stereocenters. The third-order valence-electron chi connectivity index (χ3n) is 7.24. The van der Waals surface area contributed by atoms with Crippen LogP contribution in [0.15, 0.2) is 65.7 Å². The van der Waals surface area contributed by atoms with Crippen LogP contribution in [0.2, 0.25) is 0 Å². The van der Waals surface area contributed by atoms with E-state index < -0.39 is 10.0 Å². The summed E-state index contributed by atoms with van der Waals surface area (Å²) in [7, 11) is -3.53. The van der Waals surface area contributed by atoms with Gasteiger partial charge in [0.1, 0.15) is 0 Å². The minimum atomic E-state index is -3.53. The molecular formula is C27H32N4O3S. The molecule has 35 heavy (non-hydrogen) atoms. The second kappa shape index (κ2) is 9.95. The molecule has 184 valence electrons. The zero-order valence-electron chi connectivity index (χ0n) is 20.1. The molecule has 7 nitrogen and oxygen atoms in total. The number of aromatic nitrogens is 2. The number of amides is 1. The van der Waals surface area contributed by atoms with Crippen LogP contribution in [0.5, 0.6) is 0 Å². The number of hydrogen-bond acceptors (Lipinski definition) is 4. The van der Waals surface area contributed by atoms with Gasteiger partial charge in [0.15, 0.2) is 0 Å². The number of rotatable bonds is 6. The SMILES string of the molecule is CC1CCN(S(=O)(=O)c2ccc(C(=O)NC3CCCc4c3cnn4Cc3ccccc3)cc2)CC1. The van der Waals surface area contributed by atoms with Crippen molar-refractivity contribution in [1.82, 2.24) is 19.4 Å². The van der Waals surface area contributed by atoms with Gasteiger partial charge in [0.2, 0.25) is 10.0 Å². The molecule has 0 spiro atoms. The molecule has 3 aromatic rings. The third-order valence-corrected chi connectivity index (χ3v) is 9.15. The normalized spacial score (nSPS) is 19.3. The van der Waals surface area contributed by atoms with E-state index in [1.54, 1.807) is 28.6 Å². The molecule has 1 amide bonds. The van der Waals surface area contributed by atoms with Crippen molar-refractivity contribution in [2.45, 2.75) is 56.5 Å². The Hall–Kier alpha value is -2.97. The molecule has 1 N–H and O–H groups in total. The molecule has 8 heteroatoms. The Kier molecular flexibility index (Phi) is 6.75. The Morgan fingerprint density at radius 3 is 2.46 bits per heavy atom. The number of nitrogens with zero attached hydrogens (tertiary/aromatic N) is 3. The van der Waals surface area contributed by atoms with Gasteiger partial charge in [-0.3, -0.25) is 9.48 Å².